The number of hydrogen-bond acceptors (Lipinski definition) is 3. The minimum absolute atomic E-state index is 0.199. The first kappa shape index (κ1) is 12.3. The number of rotatable bonds is 5. The van der Waals surface area contributed by atoms with Gasteiger partial charge in [-0.3, -0.25) is 4.79 Å². The summed E-state index contributed by atoms with van der Waals surface area (Å²) >= 11 is 4.88. The zero-order chi connectivity index (χ0) is 12.1. The minimum Gasteiger partial charge on any atom is -0.385 e. The lowest BCUT2D eigenvalue weighted by molar-refractivity contribution is 0.0990. The van der Waals surface area contributed by atoms with Crippen molar-refractivity contribution in [2.45, 2.75) is 6.42 Å². The van der Waals surface area contributed by atoms with Crippen LogP contribution in [0.4, 0.5) is 5.69 Å². The third kappa shape index (κ3) is 3.68. The van der Waals surface area contributed by atoms with Crippen molar-refractivity contribution in [3.05, 3.63) is 51.1 Å². The quantitative estimate of drug-likeness (QED) is 0.839. The molecule has 0 aliphatic rings. The highest BCUT2D eigenvalue weighted by Crippen LogP contribution is 2.15. The summed E-state index contributed by atoms with van der Waals surface area (Å²) in [5.41, 5.74) is 1.03. The van der Waals surface area contributed by atoms with Crippen molar-refractivity contribution < 1.29 is 4.79 Å². The van der Waals surface area contributed by atoms with Gasteiger partial charge in [0.15, 0.2) is 5.78 Å². The van der Waals surface area contributed by atoms with Crippen LogP contribution in [0.3, 0.4) is 0 Å². The van der Waals surface area contributed by atoms with E-state index in [0.29, 0.717) is 13.0 Å². The van der Waals surface area contributed by atoms with E-state index < -0.39 is 0 Å². The molecule has 2 nitrogen and oxygen atoms in total. The first-order valence-corrected chi connectivity index (χ1v) is 6.99. The summed E-state index contributed by atoms with van der Waals surface area (Å²) in [6, 6.07) is 11.7. The predicted molar refractivity (Wildman–Crippen MR) is 75.9 cm³/mol. The molecule has 1 heterocycles. The molecule has 1 aromatic heterocycles. The number of anilines is 1. The predicted octanol–water partition coefficient (Wildman–Crippen LogP) is 4.20. The van der Waals surface area contributed by atoms with E-state index in [-0.39, 0.29) is 5.78 Å². The number of halogens is 1. The van der Waals surface area contributed by atoms with Gasteiger partial charge in [-0.05, 0) is 35.7 Å². The van der Waals surface area contributed by atoms with Crippen LogP contribution in [0.1, 0.15) is 16.1 Å². The zero-order valence-electron chi connectivity index (χ0n) is 9.15. The van der Waals surface area contributed by atoms with Crippen LogP contribution in [-0.4, -0.2) is 12.3 Å². The average Bonchev–Trinajstić information content (AvgIpc) is 2.85. The number of ketones is 1. The van der Waals surface area contributed by atoms with Gasteiger partial charge in [0.05, 0.1) is 4.88 Å². The van der Waals surface area contributed by atoms with Crippen molar-refractivity contribution in [2.75, 3.05) is 11.9 Å². The fourth-order valence-electron chi connectivity index (χ4n) is 1.45. The fourth-order valence-corrected chi connectivity index (χ4v) is 2.41. The van der Waals surface area contributed by atoms with E-state index in [2.05, 4.69) is 21.2 Å². The highest BCUT2D eigenvalue weighted by molar-refractivity contribution is 9.10. The van der Waals surface area contributed by atoms with Crippen molar-refractivity contribution in [3.8, 4) is 0 Å². The van der Waals surface area contributed by atoms with E-state index >= 15 is 0 Å². The maximum absolute atomic E-state index is 11.7. The SMILES string of the molecule is O=C(CCNc1ccc(Br)cc1)c1cccs1. The van der Waals surface area contributed by atoms with E-state index in [9.17, 15) is 4.79 Å². The van der Waals surface area contributed by atoms with Gasteiger partial charge in [0.2, 0.25) is 0 Å². The van der Waals surface area contributed by atoms with Gasteiger partial charge in [0.25, 0.3) is 0 Å². The fraction of sp³-hybridized carbons (Fsp3) is 0.154. The number of benzene rings is 1. The molecule has 17 heavy (non-hydrogen) atoms. The first-order chi connectivity index (χ1) is 8.25. The molecule has 0 unspecified atom stereocenters. The summed E-state index contributed by atoms with van der Waals surface area (Å²) in [5.74, 6) is 0.199. The molecule has 0 saturated heterocycles. The van der Waals surface area contributed by atoms with Gasteiger partial charge in [0, 0.05) is 23.1 Å². The third-order valence-electron chi connectivity index (χ3n) is 2.32. The summed E-state index contributed by atoms with van der Waals surface area (Å²) in [5, 5.41) is 5.15. The number of Topliss-reactive ketones (excluding diaryl/α,β-unsaturated/α-hetero) is 1. The van der Waals surface area contributed by atoms with E-state index in [4.69, 9.17) is 0 Å². The largest absolute Gasteiger partial charge is 0.385 e. The van der Waals surface area contributed by atoms with E-state index in [0.717, 1.165) is 15.0 Å². The minimum atomic E-state index is 0.199. The number of thiophene rings is 1. The lowest BCUT2D eigenvalue weighted by Gasteiger charge is -2.05. The lowest BCUT2D eigenvalue weighted by Crippen LogP contribution is -2.07. The molecule has 88 valence electrons. The molecule has 1 aromatic carbocycles. The summed E-state index contributed by atoms with van der Waals surface area (Å²) in [6.45, 7) is 0.665. The van der Waals surface area contributed by atoms with Crippen molar-refractivity contribution in [1.29, 1.82) is 0 Å². The number of hydrogen-bond donors (Lipinski definition) is 1. The molecule has 0 fully saturated rings. The van der Waals surface area contributed by atoms with Crippen LogP contribution in [0.2, 0.25) is 0 Å². The Morgan fingerprint density at radius 3 is 2.65 bits per heavy atom. The molecular formula is C13H12BrNOS. The Morgan fingerprint density at radius 2 is 2.00 bits per heavy atom. The molecule has 4 heteroatoms. The molecular weight excluding hydrogens is 298 g/mol. The summed E-state index contributed by atoms with van der Waals surface area (Å²) in [7, 11) is 0. The Balaban J connectivity index is 1.80. The molecule has 0 bridgehead atoms. The Morgan fingerprint density at radius 1 is 1.24 bits per heavy atom. The van der Waals surface area contributed by atoms with E-state index in [1.165, 1.54) is 11.3 Å². The molecule has 0 spiro atoms. The average molecular weight is 310 g/mol. The summed E-state index contributed by atoms with van der Waals surface area (Å²) in [6.07, 6.45) is 0.524. The first-order valence-electron chi connectivity index (χ1n) is 5.32. The van der Waals surface area contributed by atoms with Crippen molar-refractivity contribution >= 4 is 38.7 Å². The van der Waals surface area contributed by atoms with Gasteiger partial charge in [-0.25, -0.2) is 0 Å². The number of carbonyl (C=O) groups is 1. The van der Waals surface area contributed by atoms with Crippen LogP contribution in [0.15, 0.2) is 46.3 Å². The molecule has 0 radical (unpaired) electrons. The molecule has 0 aliphatic heterocycles. The topological polar surface area (TPSA) is 29.1 Å². The smallest absolute Gasteiger partial charge is 0.174 e. The van der Waals surface area contributed by atoms with Crippen LogP contribution in [0, 0.1) is 0 Å². The second-order valence-corrected chi connectivity index (χ2v) is 5.45. The maximum Gasteiger partial charge on any atom is 0.174 e. The van der Waals surface area contributed by atoms with E-state index in [1.807, 2.05) is 41.8 Å². The lowest BCUT2D eigenvalue weighted by atomic mass is 10.2. The Labute approximate surface area is 113 Å². The standard InChI is InChI=1S/C13H12BrNOS/c14-10-3-5-11(6-4-10)15-8-7-12(16)13-2-1-9-17-13/h1-6,9,15H,7-8H2. The number of carbonyl (C=O) groups excluding carboxylic acids is 1. The molecule has 0 atom stereocenters. The highest BCUT2D eigenvalue weighted by Gasteiger charge is 2.05. The van der Waals surface area contributed by atoms with Crippen molar-refractivity contribution in [1.82, 2.24) is 0 Å². The van der Waals surface area contributed by atoms with Crippen LogP contribution in [-0.2, 0) is 0 Å². The molecule has 2 rings (SSSR count). The van der Waals surface area contributed by atoms with Crippen molar-refractivity contribution in [2.24, 2.45) is 0 Å². The van der Waals surface area contributed by atoms with Crippen molar-refractivity contribution in [3.63, 3.8) is 0 Å². The van der Waals surface area contributed by atoms with Gasteiger partial charge in [-0.1, -0.05) is 22.0 Å². The molecule has 1 N–H and O–H groups in total. The molecule has 0 aliphatic carbocycles. The monoisotopic (exact) mass is 309 g/mol. The zero-order valence-corrected chi connectivity index (χ0v) is 11.6. The second-order valence-electron chi connectivity index (χ2n) is 3.58. The third-order valence-corrected chi connectivity index (χ3v) is 3.76. The van der Waals surface area contributed by atoms with Gasteiger partial charge in [-0.2, -0.15) is 0 Å². The summed E-state index contributed by atoms with van der Waals surface area (Å²) in [4.78, 5) is 12.5. The van der Waals surface area contributed by atoms with Gasteiger partial charge >= 0.3 is 0 Å². The van der Waals surface area contributed by atoms with Crippen LogP contribution < -0.4 is 5.32 Å². The molecule has 0 amide bonds. The Kier molecular flexibility index (Phi) is 4.34. The van der Waals surface area contributed by atoms with E-state index in [1.54, 1.807) is 0 Å². The Bertz CT molecular complexity index is 479. The maximum atomic E-state index is 11.7. The highest BCUT2D eigenvalue weighted by atomic mass is 79.9. The molecule has 2 aromatic rings. The number of nitrogens with one attached hydrogen (secondary N) is 1. The normalized spacial score (nSPS) is 10.2. The van der Waals surface area contributed by atoms with Gasteiger partial charge in [-0.15, -0.1) is 11.3 Å². The Hall–Kier alpha value is -1.13. The summed E-state index contributed by atoms with van der Waals surface area (Å²) < 4.78 is 1.05. The van der Waals surface area contributed by atoms with Gasteiger partial charge in [0.1, 0.15) is 0 Å². The molecule has 0 saturated carbocycles. The van der Waals surface area contributed by atoms with Gasteiger partial charge < -0.3 is 5.32 Å². The second kappa shape index (κ2) is 5.98. The van der Waals surface area contributed by atoms with Crippen LogP contribution >= 0.6 is 27.3 Å². The van der Waals surface area contributed by atoms with Crippen LogP contribution in [0.25, 0.3) is 0 Å². The van der Waals surface area contributed by atoms with Crippen LogP contribution in [0.5, 0.6) is 0 Å².